The number of fused-ring (bicyclic) bond motifs is 1. The lowest BCUT2D eigenvalue weighted by Gasteiger charge is -2.36. The van der Waals surface area contributed by atoms with Gasteiger partial charge in [-0.2, -0.15) is 0 Å². The van der Waals surface area contributed by atoms with E-state index >= 15 is 0 Å². The van der Waals surface area contributed by atoms with Crippen molar-refractivity contribution in [2.24, 2.45) is 5.92 Å². The zero-order chi connectivity index (χ0) is 13.2. The fraction of sp³-hybridized carbons (Fsp3) is 0.643. The molecule has 0 bridgehead atoms. The molecule has 2 saturated heterocycles. The van der Waals surface area contributed by atoms with Crippen molar-refractivity contribution in [2.45, 2.75) is 38.2 Å². The monoisotopic (exact) mass is 280 g/mol. The molecular weight excluding hydrogens is 259 g/mol. The van der Waals surface area contributed by atoms with Crippen LogP contribution in [0.25, 0.3) is 0 Å². The molecule has 2 fully saturated rings. The first kappa shape index (κ1) is 13.1. The van der Waals surface area contributed by atoms with Crippen molar-refractivity contribution < 1.29 is 9.53 Å². The Labute approximate surface area is 116 Å². The molecule has 1 N–H and O–H groups in total. The highest BCUT2D eigenvalue weighted by Gasteiger charge is 2.31. The Morgan fingerprint density at radius 1 is 1.26 bits per heavy atom. The average molecular weight is 280 g/mol. The second-order valence-electron chi connectivity index (χ2n) is 5.50. The SMILES string of the molecule is O=C1CCC2CC(OC3CCNCC3)=CC=C2N1P. The van der Waals surface area contributed by atoms with Crippen LogP contribution in [-0.2, 0) is 9.53 Å². The molecule has 0 radical (unpaired) electrons. The highest BCUT2D eigenvalue weighted by molar-refractivity contribution is 7.15. The molecule has 3 aliphatic rings. The van der Waals surface area contributed by atoms with Gasteiger partial charge in [0.25, 0.3) is 0 Å². The van der Waals surface area contributed by atoms with E-state index in [0.717, 1.165) is 50.2 Å². The highest BCUT2D eigenvalue weighted by atomic mass is 31.0. The van der Waals surface area contributed by atoms with Crippen LogP contribution in [0.3, 0.4) is 0 Å². The van der Waals surface area contributed by atoms with Crippen molar-refractivity contribution in [2.75, 3.05) is 13.1 Å². The van der Waals surface area contributed by atoms with Crippen LogP contribution in [0.2, 0.25) is 0 Å². The third-order valence-electron chi connectivity index (χ3n) is 4.16. The lowest BCUT2D eigenvalue weighted by Crippen LogP contribution is -2.34. The second kappa shape index (κ2) is 5.64. The molecule has 0 saturated carbocycles. The van der Waals surface area contributed by atoms with E-state index in [0.29, 0.717) is 18.4 Å². The number of carbonyl (C=O) groups is 1. The fourth-order valence-electron chi connectivity index (χ4n) is 3.03. The van der Waals surface area contributed by atoms with E-state index in [2.05, 4.69) is 20.8 Å². The minimum absolute atomic E-state index is 0.198. The number of amides is 1. The second-order valence-corrected chi connectivity index (χ2v) is 6.01. The van der Waals surface area contributed by atoms with Crippen LogP contribution in [0, 0.1) is 5.92 Å². The van der Waals surface area contributed by atoms with Crippen molar-refractivity contribution in [1.29, 1.82) is 0 Å². The van der Waals surface area contributed by atoms with Crippen LogP contribution in [0.4, 0.5) is 0 Å². The van der Waals surface area contributed by atoms with Crippen molar-refractivity contribution in [3.8, 4) is 0 Å². The molecule has 0 aromatic heterocycles. The number of hydrogen-bond donors (Lipinski definition) is 1. The summed E-state index contributed by atoms with van der Waals surface area (Å²) in [6.07, 6.45) is 9.17. The number of nitrogens with zero attached hydrogens (tertiary/aromatic N) is 1. The number of hydrogen-bond acceptors (Lipinski definition) is 3. The molecule has 2 aliphatic heterocycles. The summed E-state index contributed by atoms with van der Waals surface area (Å²) in [6.45, 7) is 2.10. The molecule has 19 heavy (non-hydrogen) atoms. The third-order valence-corrected chi connectivity index (χ3v) is 4.75. The molecule has 0 aromatic rings. The number of nitrogens with one attached hydrogen (secondary N) is 1. The largest absolute Gasteiger partial charge is 0.495 e. The lowest BCUT2D eigenvalue weighted by atomic mass is 9.88. The lowest BCUT2D eigenvalue weighted by molar-refractivity contribution is -0.127. The number of ether oxygens (including phenoxy) is 1. The Morgan fingerprint density at radius 3 is 2.84 bits per heavy atom. The van der Waals surface area contributed by atoms with Gasteiger partial charge in [0.15, 0.2) is 0 Å². The maximum Gasteiger partial charge on any atom is 0.229 e. The van der Waals surface area contributed by atoms with Crippen molar-refractivity contribution in [1.82, 2.24) is 9.99 Å². The van der Waals surface area contributed by atoms with E-state index in [1.807, 2.05) is 6.08 Å². The molecule has 0 aromatic carbocycles. The molecule has 1 aliphatic carbocycles. The van der Waals surface area contributed by atoms with Crippen LogP contribution in [0.1, 0.15) is 32.1 Å². The van der Waals surface area contributed by atoms with Gasteiger partial charge >= 0.3 is 0 Å². The Balaban J connectivity index is 1.67. The van der Waals surface area contributed by atoms with Gasteiger partial charge in [0.1, 0.15) is 6.10 Å². The standard InChI is InChI=1S/C14H21N2O2P/c17-14-4-1-10-9-12(2-3-13(10)16(14)19)18-11-5-7-15-8-6-11/h2-3,10-11,15H,1,4-9,19H2. The first-order chi connectivity index (χ1) is 9.24. The molecule has 1 amide bonds. The van der Waals surface area contributed by atoms with Crippen LogP contribution in [0.5, 0.6) is 0 Å². The molecule has 2 atom stereocenters. The topological polar surface area (TPSA) is 41.6 Å². The maximum absolute atomic E-state index is 11.7. The smallest absolute Gasteiger partial charge is 0.229 e. The molecular formula is C14H21N2O2P. The van der Waals surface area contributed by atoms with E-state index in [-0.39, 0.29) is 5.91 Å². The number of rotatable bonds is 2. The quantitative estimate of drug-likeness (QED) is 0.786. The fourth-order valence-corrected chi connectivity index (χ4v) is 3.46. The minimum Gasteiger partial charge on any atom is -0.495 e. The van der Waals surface area contributed by atoms with Crippen LogP contribution < -0.4 is 5.32 Å². The maximum atomic E-state index is 11.7. The molecule has 4 nitrogen and oxygen atoms in total. The van der Waals surface area contributed by atoms with Gasteiger partial charge in [0.2, 0.25) is 5.91 Å². The predicted octanol–water partition coefficient (Wildman–Crippen LogP) is 1.96. The van der Waals surface area contributed by atoms with E-state index in [9.17, 15) is 4.79 Å². The van der Waals surface area contributed by atoms with Crippen LogP contribution >= 0.6 is 9.39 Å². The number of carbonyl (C=O) groups excluding carboxylic acids is 1. The third kappa shape index (κ3) is 2.85. The van der Waals surface area contributed by atoms with Gasteiger partial charge in [0.05, 0.1) is 5.76 Å². The summed E-state index contributed by atoms with van der Waals surface area (Å²) < 4.78 is 7.84. The van der Waals surface area contributed by atoms with E-state index in [1.165, 1.54) is 0 Å². The van der Waals surface area contributed by atoms with Gasteiger partial charge in [-0.1, -0.05) is 0 Å². The molecule has 5 heteroatoms. The summed E-state index contributed by atoms with van der Waals surface area (Å²) >= 11 is 0. The van der Waals surface area contributed by atoms with Gasteiger partial charge in [-0.3, -0.25) is 4.79 Å². The van der Waals surface area contributed by atoms with Gasteiger partial charge in [0, 0.05) is 24.5 Å². The van der Waals surface area contributed by atoms with Crippen molar-refractivity contribution >= 4 is 15.3 Å². The first-order valence-electron chi connectivity index (χ1n) is 7.10. The van der Waals surface area contributed by atoms with Gasteiger partial charge in [-0.05, 0) is 53.9 Å². The summed E-state index contributed by atoms with van der Waals surface area (Å²) in [5.74, 6) is 1.73. The summed E-state index contributed by atoms with van der Waals surface area (Å²) in [6, 6.07) is 0. The average Bonchev–Trinajstić information content (AvgIpc) is 2.44. The molecule has 104 valence electrons. The van der Waals surface area contributed by atoms with Gasteiger partial charge in [-0.25, -0.2) is 0 Å². The highest BCUT2D eigenvalue weighted by Crippen LogP contribution is 2.38. The molecule has 2 heterocycles. The van der Waals surface area contributed by atoms with Gasteiger partial charge < -0.3 is 14.7 Å². The van der Waals surface area contributed by atoms with E-state index < -0.39 is 0 Å². The molecule has 2 unspecified atom stereocenters. The number of piperidine rings is 2. The summed E-state index contributed by atoms with van der Waals surface area (Å²) in [5, 5.41) is 3.35. The summed E-state index contributed by atoms with van der Waals surface area (Å²) in [7, 11) is 2.53. The first-order valence-corrected chi connectivity index (χ1v) is 7.61. The zero-order valence-electron chi connectivity index (χ0n) is 11.1. The van der Waals surface area contributed by atoms with Crippen molar-refractivity contribution in [3.05, 3.63) is 23.6 Å². The van der Waals surface area contributed by atoms with Crippen LogP contribution in [-0.4, -0.2) is 29.8 Å². The molecule has 0 spiro atoms. The zero-order valence-corrected chi connectivity index (χ0v) is 12.3. The van der Waals surface area contributed by atoms with E-state index in [1.54, 1.807) is 4.67 Å². The Bertz CT molecular complexity index is 427. The van der Waals surface area contributed by atoms with E-state index in [4.69, 9.17) is 4.74 Å². The summed E-state index contributed by atoms with van der Waals surface area (Å²) in [5.41, 5.74) is 1.12. The predicted molar refractivity (Wildman–Crippen MR) is 77.0 cm³/mol. The van der Waals surface area contributed by atoms with Crippen molar-refractivity contribution in [3.63, 3.8) is 0 Å². The molecule has 3 rings (SSSR count). The Kier molecular flexibility index (Phi) is 3.90. The van der Waals surface area contributed by atoms with Crippen LogP contribution in [0.15, 0.2) is 23.6 Å². The number of allylic oxidation sites excluding steroid dienone is 4. The minimum atomic E-state index is 0.198. The normalized spacial score (nSPS) is 28.6. The Hall–Kier alpha value is -0.860. The summed E-state index contributed by atoms with van der Waals surface area (Å²) in [4.78, 5) is 11.7. The van der Waals surface area contributed by atoms with Gasteiger partial charge in [-0.15, -0.1) is 0 Å². The Morgan fingerprint density at radius 2 is 2.05 bits per heavy atom.